The largest absolute Gasteiger partial charge is 0.316 e. The Labute approximate surface area is 119 Å². The van der Waals surface area contributed by atoms with Gasteiger partial charge < -0.3 is 5.32 Å². The van der Waals surface area contributed by atoms with Crippen molar-refractivity contribution >= 4 is 15.9 Å². The van der Waals surface area contributed by atoms with Gasteiger partial charge >= 0.3 is 0 Å². The van der Waals surface area contributed by atoms with Gasteiger partial charge in [0.25, 0.3) is 0 Å². The van der Waals surface area contributed by atoms with Crippen LogP contribution in [0.25, 0.3) is 0 Å². The lowest BCUT2D eigenvalue weighted by atomic mass is 9.91. The second kappa shape index (κ2) is 7.29. The van der Waals surface area contributed by atoms with Crippen molar-refractivity contribution in [3.8, 4) is 0 Å². The fraction of sp³-hybridized carbons (Fsp3) is 0.786. The molecule has 0 spiro atoms. The molecule has 0 amide bonds. The molecule has 1 aromatic heterocycles. The highest BCUT2D eigenvalue weighted by Crippen LogP contribution is 2.25. The topological polar surface area (TPSA) is 29.9 Å². The van der Waals surface area contributed by atoms with E-state index >= 15 is 0 Å². The van der Waals surface area contributed by atoms with Gasteiger partial charge in [-0.15, -0.1) is 0 Å². The molecule has 0 fully saturated rings. The molecule has 0 aliphatic heterocycles. The molecule has 1 heterocycles. The number of aromatic nitrogens is 2. The Bertz CT molecular complexity index is 371. The minimum absolute atomic E-state index is 0.655. The van der Waals surface area contributed by atoms with Gasteiger partial charge in [0.05, 0.1) is 15.9 Å². The summed E-state index contributed by atoms with van der Waals surface area (Å²) in [6, 6.07) is 0. The molecule has 1 aromatic rings. The maximum atomic E-state index is 4.47. The molecule has 1 unspecified atom stereocenters. The zero-order chi connectivity index (χ0) is 13.7. The summed E-state index contributed by atoms with van der Waals surface area (Å²) in [7, 11) is 2.03. The standard InChI is InChI=1S/C14H26BrN3/c1-6-7-16-9-12(10(2)3)8-13-14(15)11(4)17-18(13)5/h10,12,16H,6-9H2,1-5H3. The normalized spacial score (nSPS) is 13.3. The highest BCUT2D eigenvalue weighted by molar-refractivity contribution is 9.10. The van der Waals surface area contributed by atoms with Crippen LogP contribution in [-0.4, -0.2) is 22.9 Å². The Hall–Kier alpha value is -0.350. The lowest BCUT2D eigenvalue weighted by molar-refractivity contribution is 0.353. The minimum atomic E-state index is 0.655. The Balaban J connectivity index is 2.70. The zero-order valence-electron chi connectivity index (χ0n) is 12.3. The third-order valence-electron chi connectivity index (χ3n) is 3.49. The van der Waals surface area contributed by atoms with Crippen molar-refractivity contribution in [3.63, 3.8) is 0 Å². The quantitative estimate of drug-likeness (QED) is 0.782. The fourth-order valence-electron chi connectivity index (χ4n) is 2.16. The Morgan fingerprint density at radius 1 is 1.39 bits per heavy atom. The Kier molecular flexibility index (Phi) is 6.36. The summed E-state index contributed by atoms with van der Waals surface area (Å²) in [6.45, 7) is 11.0. The number of nitrogens with one attached hydrogen (secondary N) is 1. The molecule has 0 saturated heterocycles. The minimum Gasteiger partial charge on any atom is -0.316 e. The van der Waals surface area contributed by atoms with Crippen LogP contribution in [0.3, 0.4) is 0 Å². The molecule has 104 valence electrons. The molecule has 1 atom stereocenters. The van der Waals surface area contributed by atoms with E-state index in [1.807, 2.05) is 18.7 Å². The average molecular weight is 316 g/mol. The molecule has 0 aromatic carbocycles. The molecular weight excluding hydrogens is 290 g/mol. The summed E-state index contributed by atoms with van der Waals surface area (Å²) in [5.41, 5.74) is 2.39. The van der Waals surface area contributed by atoms with Crippen molar-refractivity contribution in [1.29, 1.82) is 0 Å². The van der Waals surface area contributed by atoms with Crippen LogP contribution in [-0.2, 0) is 13.5 Å². The number of hydrogen-bond donors (Lipinski definition) is 1. The predicted octanol–water partition coefficient (Wildman–Crippen LogP) is 3.31. The van der Waals surface area contributed by atoms with Gasteiger partial charge in [0.2, 0.25) is 0 Å². The molecule has 0 aliphatic carbocycles. The van der Waals surface area contributed by atoms with E-state index in [1.165, 1.54) is 16.6 Å². The van der Waals surface area contributed by atoms with Crippen molar-refractivity contribution < 1.29 is 0 Å². The van der Waals surface area contributed by atoms with E-state index in [-0.39, 0.29) is 0 Å². The number of rotatable bonds is 7. The molecule has 1 rings (SSSR count). The van der Waals surface area contributed by atoms with E-state index in [1.54, 1.807) is 0 Å². The SMILES string of the molecule is CCCNCC(Cc1c(Br)c(C)nn1C)C(C)C. The van der Waals surface area contributed by atoms with Gasteiger partial charge in [-0.3, -0.25) is 4.68 Å². The highest BCUT2D eigenvalue weighted by Gasteiger charge is 2.19. The van der Waals surface area contributed by atoms with Crippen LogP contribution in [0.5, 0.6) is 0 Å². The average Bonchev–Trinajstić information content (AvgIpc) is 2.54. The first kappa shape index (κ1) is 15.7. The predicted molar refractivity (Wildman–Crippen MR) is 80.8 cm³/mol. The van der Waals surface area contributed by atoms with Gasteiger partial charge in [-0.1, -0.05) is 20.8 Å². The summed E-state index contributed by atoms with van der Waals surface area (Å²) >= 11 is 3.66. The summed E-state index contributed by atoms with van der Waals surface area (Å²) in [5.74, 6) is 1.33. The van der Waals surface area contributed by atoms with Gasteiger partial charge in [0.1, 0.15) is 0 Å². The summed E-state index contributed by atoms with van der Waals surface area (Å²) in [5, 5.41) is 8.01. The van der Waals surface area contributed by atoms with Crippen LogP contribution in [0.15, 0.2) is 4.47 Å². The van der Waals surface area contributed by atoms with Gasteiger partial charge in [0.15, 0.2) is 0 Å². The lowest BCUT2D eigenvalue weighted by Crippen LogP contribution is -2.29. The molecular formula is C14H26BrN3. The first-order chi connectivity index (χ1) is 8.47. The van der Waals surface area contributed by atoms with Crippen LogP contribution in [0.4, 0.5) is 0 Å². The van der Waals surface area contributed by atoms with E-state index < -0.39 is 0 Å². The maximum Gasteiger partial charge on any atom is 0.0738 e. The second-order valence-electron chi connectivity index (χ2n) is 5.38. The first-order valence-corrected chi connectivity index (χ1v) is 7.65. The van der Waals surface area contributed by atoms with Gasteiger partial charge in [-0.25, -0.2) is 0 Å². The first-order valence-electron chi connectivity index (χ1n) is 6.86. The smallest absolute Gasteiger partial charge is 0.0738 e. The molecule has 1 N–H and O–H groups in total. The van der Waals surface area contributed by atoms with Crippen molar-refractivity contribution in [1.82, 2.24) is 15.1 Å². The van der Waals surface area contributed by atoms with Crippen LogP contribution in [0, 0.1) is 18.8 Å². The van der Waals surface area contributed by atoms with Crippen molar-refractivity contribution in [2.45, 2.75) is 40.5 Å². The van der Waals surface area contributed by atoms with Gasteiger partial charge in [-0.2, -0.15) is 5.10 Å². The third-order valence-corrected chi connectivity index (χ3v) is 4.52. The summed E-state index contributed by atoms with van der Waals surface area (Å²) in [4.78, 5) is 0. The van der Waals surface area contributed by atoms with Crippen LogP contribution in [0.1, 0.15) is 38.6 Å². The maximum absolute atomic E-state index is 4.47. The van der Waals surface area contributed by atoms with Gasteiger partial charge in [-0.05, 0) is 60.6 Å². The number of aryl methyl sites for hydroxylation is 2. The Morgan fingerprint density at radius 3 is 2.50 bits per heavy atom. The van der Waals surface area contributed by atoms with Gasteiger partial charge in [0, 0.05) is 7.05 Å². The molecule has 0 aliphatic rings. The van der Waals surface area contributed by atoms with E-state index in [0.717, 1.165) is 25.2 Å². The number of halogens is 1. The monoisotopic (exact) mass is 315 g/mol. The van der Waals surface area contributed by atoms with Crippen molar-refractivity contribution in [2.75, 3.05) is 13.1 Å². The molecule has 3 nitrogen and oxygen atoms in total. The summed E-state index contributed by atoms with van der Waals surface area (Å²) < 4.78 is 3.18. The van der Waals surface area contributed by atoms with E-state index in [9.17, 15) is 0 Å². The van der Waals surface area contributed by atoms with Crippen molar-refractivity contribution in [2.24, 2.45) is 18.9 Å². The molecule has 0 saturated carbocycles. The van der Waals surface area contributed by atoms with Crippen LogP contribution >= 0.6 is 15.9 Å². The third kappa shape index (κ3) is 4.09. The second-order valence-corrected chi connectivity index (χ2v) is 6.18. The molecule has 0 bridgehead atoms. The fourth-order valence-corrected chi connectivity index (χ4v) is 2.66. The van der Waals surface area contributed by atoms with Crippen LogP contribution in [0.2, 0.25) is 0 Å². The van der Waals surface area contributed by atoms with E-state index in [0.29, 0.717) is 11.8 Å². The molecule has 18 heavy (non-hydrogen) atoms. The zero-order valence-corrected chi connectivity index (χ0v) is 13.8. The molecule has 4 heteroatoms. The Morgan fingerprint density at radius 2 is 2.06 bits per heavy atom. The summed E-state index contributed by atoms with van der Waals surface area (Å²) in [6.07, 6.45) is 2.27. The van der Waals surface area contributed by atoms with Crippen molar-refractivity contribution in [3.05, 3.63) is 15.9 Å². The van der Waals surface area contributed by atoms with E-state index in [4.69, 9.17) is 0 Å². The highest BCUT2D eigenvalue weighted by atomic mass is 79.9. The van der Waals surface area contributed by atoms with Crippen LogP contribution < -0.4 is 5.32 Å². The molecule has 0 radical (unpaired) electrons. The number of hydrogen-bond acceptors (Lipinski definition) is 2. The lowest BCUT2D eigenvalue weighted by Gasteiger charge is -2.21. The number of nitrogens with zero attached hydrogens (tertiary/aromatic N) is 2. The van der Waals surface area contributed by atoms with E-state index in [2.05, 4.69) is 47.1 Å².